The van der Waals surface area contributed by atoms with Crippen molar-refractivity contribution in [3.8, 4) is 5.69 Å². The second-order valence-electron chi connectivity index (χ2n) is 9.23. The average Bonchev–Trinajstić information content (AvgIpc) is 3.38. The van der Waals surface area contributed by atoms with Crippen molar-refractivity contribution >= 4 is 57.3 Å². The number of aromatic nitrogens is 1. The average molecular weight is 523 g/mol. The van der Waals surface area contributed by atoms with E-state index in [1.54, 1.807) is 6.08 Å². The van der Waals surface area contributed by atoms with Crippen LogP contribution in [0.3, 0.4) is 0 Å². The molecule has 0 spiro atoms. The zero-order valence-electron chi connectivity index (χ0n) is 20.5. The Bertz CT molecular complexity index is 1380. The molecule has 0 unspecified atom stereocenters. The highest BCUT2D eigenvalue weighted by Crippen LogP contribution is 2.31. The molecule has 2 aromatic rings. The molecule has 36 heavy (non-hydrogen) atoms. The number of nitrogens with one attached hydrogen (secondary N) is 1. The van der Waals surface area contributed by atoms with E-state index in [2.05, 4.69) is 14.7 Å². The van der Waals surface area contributed by atoms with Crippen LogP contribution < -0.4 is 0 Å². The van der Waals surface area contributed by atoms with Gasteiger partial charge in [-0.15, -0.1) is 0 Å². The topological polar surface area (TPSA) is 94.1 Å². The Morgan fingerprint density at radius 1 is 1.17 bits per heavy atom. The standard InChI is InChI=1S/C26H27ClN6O2S/c1-15-7-8-19(13-21(15)27)32-16(2)11-18(17(32)3)12-20-24(28)33-26(29-25(20)35)36-22(30-33)14-23(34)31-9-5-4-6-10-31/h7-8,11-13,28H,4-6,9-10,14H2,1-3H3/b20-12-,28-24?. The number of hydrogen-bond donors (Lipinski definition) is 1. The van der Waals surface area contributed by atoms with Crippen LogP contribution in [-0.4, -0.2) is 55.4 Å². The second kappa shape index (κ2) is 9.71. The first-order chi connectivity index (χ1) is 17.2. The van der Waals surface area contributed by atoms with Crippen molar-refractivity contribution in [2.75, 3.05) is 13.1 Å². The predicted octanol–water partition coefficient (Wildman–Crippen LogP) is 5.08. The van der Waals surface area contributed by atoms with E-state index in [1.165, 1.54) is 16.8 Å². The molecule has 0 atom stereocenters. The summed E-state index contributed by atoms with van der Waals surface area (Å²) < 4.78 is 2.07. The summed E-state index contributed by atoms with van der Waals surface area (Å²) in [7, 11) is 0. The van der Waals surface area contributed by atoms with E-state index in [4.69, 9.17) is 17.0 Å². The number of amides is 2. The van der Waals surface area contributed by atoms with Gasteiger partial charge in [-0.3, -0.25) is 15.0 Å². The van der Waals surface area contributed by atoms with Crippen molar-refractivity contribution in [3.05, 3.63) is 57.4 Å². The molecule has 1 N–H and O–H groups in total. The molecule has 8 nitrogen and oxygen atoms in total. The van der Waals surface area contributed by atoms with Crippen LogP contribution in [0.2, 0.25) is 5.02 Å². The molecule has 0 bridgehead atoms. The lowest BCUT2D eigenvalue weighted by Crippen LogP contribution is -2.36. The van der Waals surface area contributed by atoms with Gasteiger partial charge in [-0.05, 0) is 87.2 Å². The van der Waals surface area contributed by atoms with Gasteiger partial charge < -0.3 is 9.47 Å². The van der Waals surface area contributed by atoms with Gasteiger partial charge in [-0.2, -0.15) is 15.1 Å². The molecule has 2 amide bonds. The van der Waals surface area contributed by atoms with E-state index >= 15 is 0 Å². The van der Waals surface area contributed by atoms with Crippen LogP contribution in [-0.2, 0) is 9.59 Å². The smallest absolute Gasteiger partial charge is 0.283 e. The van der Waals surface area contributed by atoms with Crippen LogP contribution in [0.5, 0.6) is 0 Å². The Labute approximate surface area is 219 Å². The fourth-order valence-electron chi connectivity index (χ4n) is 4.70. The Hall–Kier alpha value is -3.17. The number of likely N-dealkylation sites (tertiary alicyclic amines) is 1. The minimum absolute atomic E-state index is 0.0265. The van der Waals surface area contributed by atoms with Gasteiger partial charge >= 0.3 is 0 Å². The highest BCUT2D eigenvalue weighted by Gasteiger charge is 2.36. The third kappa shape index (κ3) is 4.53. The zero-order valence-corrected chi connectivity index (χ0v) is 22.0. The molecule has 0 aliphatic carbocycles. The van der Waals surface area contributed by atoms with Crippen LogP contribution in [0.1, 0.15) is 48.2 Å². The number of nitrogens with zero attached hydrogens (tertiary/aromatic N) is 5. The molecule has 1 fully saturated rings. The lowest BCUT2D eigenvalue weighted by molar-refractivity contribution is -0.130. The molecule has 10 heteroatoms. The number of halogens is 1. The first-order valence-corrected chi connectivity index (χ1v) is 13.1. The fourth-order valence-corrected chi connectivity index (χ4v) is 5.75. The zero-order chi connectivity index (χ0) is 25.6. The fraction of sp³-hybridized carbons (Fsp3) is 0.346. The first-order valence-electron chi connectivity index (χ1n) is 12.0. The van der Waals surface area contributed by atoms with Crippen molar-refractivity contribution in [2.24, 2.45) is 10.1 Å². The minimum atomic E-state index is -0.485. The van der Waals surface area contributed by atoms with Gasteiger partial charge in [0, 0.05) is 35.2 Å². The molecular formula is C26H27ClN6O2S. The lowest BCUT2D eigenvalue weighted by atomic mass is 10.1. The van der Waals surface area contributed by atoms with Crippen molar-refractivity contribution < 1.29 is 9.59 Å². The van der Waals surface area contributed by atoms with Gasteiger partial charge in [0.2, 0.25) is 11.1 Å². The number of piperidine rings is 1. The molecule has 1 aromatic heterocycles. The molecule has 3 aliphatic rings. The molecule has 0 saturated carbocycles. The van der Waals surface area contributed by atoms with Gasteiger partial charge in [0.15, 0.2) is 5.84 Å². The number of aryl methyl sites for hydroxylation is 2. The second-order valence-corrected chi connectivity index (χ2v) is 10.7. The molecule has 0 radical (unpaired) electrons. The maximum absolute atomic E-state index is 12.9. The summed E-state index contributed by atoms with van der Waals surface area (Å²) in [4.78, 5) is 31.6. The van der Waals surface area contributed by atoms with Crippen molar-refractivity contribution in [1.82, 2.24) is 14.5 Å². The Kier molecular flexibility index (Phi) is 6.61. The summed E-state index contributed by atoms with van der Waals surface area (Å²) in [5.74, 6) is -0.500. The summed E-state index contributed by atoms with van der Waals surface area (Å²) in [6, 6.07) is 7.87. The largest absolute Gasteiger partial charge is 0.342 e. The van der Waals surface area contributed by atoms with Crippen molar-refractivity contribution in [3.63, 3.8) is 0 Å². The maximum atomic E-state index is 12.9. The molecule has 1 aromatic carbocycles. The molecular weight excluding hydrogens is 496 g/mol. The molecule has 186 valence electrons. The van der Waals surface area contributed by atoms with Crippen LogP contribution in [0.15, 0.2) is 39.9 Å². The SMILES string of the molecule is Cc1ccc(-n2c(C)cc(/C=C3/C(=N)N4N=C(CC(=O)N5CCCCC5)SC4=NC3=O)c2C)cc1Cl. The number of benzene rings is 1. The normalized spacial score (nSPS) is 19.1. The summed E-state index contributed by atoms with van der Waals surface area (Å²) in [5.41, 5.74) is 4.80. The Morgan fingerprint density at radius 3 is 2.64 bits per heavy atom. The number of thioether (sulfide) groups is 1. The van der Waals surface area contributed by atoms with E-state index in [9.17, 15) is 9.59 Å². The number of hydrazone groups is 1. The van der Waals surface area contributed by atoms with Gasteiger partial charge in [-0.1, -0.05) is 17.7 Å². The van der Waals surface area contributed by atoms with Gasteiger partial charge in [0.1, 0.15) is 5.04 Å². The highest BCUT2D eigenvalue weighted by molar-refractivity contribution is 8.27. The number of fused-ring (bicyclic) bond motifs is 1. The lowest BCUT2D eigenvalue weighted by Gasteiger charge is -2.26. The number of carbonyl (C=O) groups excluding carboxylic acids is 2. The van der Waals surface area contributed by atoms with E-state index < -0.39 is 5.91 Å². The van der Waals surface area contributed by atoms with E-state index in [1.807, 2.05) is 49.9 Å². The number of hydrogen-bond acceptors (Lipinski definition) is 5. The van der Waals surface area contributed by atoms with Gasteiger partial charge in [-0.25, -0.2) is 0 Å². The van der Waals surface area contributed by atoms with Crippen molar-refractivity contribution in [2.45, 2.75) is 46.5 Å². The quantitative estimate of drug-likeness (QED) is 0.567. The molecule has 5 rings (SSSR count). The van der Waals surface area contributed by atoms with E-state index in [0.29, 0.717) is 15.2 Å². The predicted molar refractivity (Wildman–Crippen MR) is 145 cm³/mol. The van der Waals surface area contributed by atoms with Gasteiger partial charge in [0.25, 0.3) is 5.91 Å². The summed E-state index contributed by atoms with van der Waals surface area (Å²) in [6.45, 7) is 7.46. The monoisotopic (exact) mass is 522 g/mol. The Morgan fingerprint density at radius 2 is 1.92 bits per heavy atom. The van der Waals surface area contributed by atoms with Gasteiger partial charge in [0.05, 0.1) is 12.0 Å². The summed E-state index contributed by atoms with van der Waals surface area (Å²) in [6.07, 6.45) is 5.04. The molecule has 4 heterocycles. The highest BCUT2D eigenvalue weighted by atomic mass is 35.5. The minimum Gasteiger partial charge on any atom is -0.342 e. The number of aliphatic imine (C=N–C) groups is 1. The van der Waals surface area contributed by atoms with Crippen LogP contribution in [0.4, 0.5) is 0 Å². The van der Waals surface area contributed by atoms with Crippen molar-refractivity contribution in [1.29, 1.82) is 5.41 Å². The third-order valence-electron chi connectivity index (χ3n) is 6.69. The first kappa shape index (κ1) is 24.5. The summed E-state index contributed by atoms with van der Waals surface area (Å²) >= 11 is 7.54. The van der Waals surface area contributed by atoms with Crippen LogP contribution in [0, 0.1) is 26.2 Å². The van der Waals surface area contributed by atoms with Crippen LogP contribution in [0.25, 0.3) is 11.8 Å². The Balaban J connectivity index is 1.40. The molecule has 1 saturated heterocycles. The number of carbonyl (C=O) groups is 2. The maximum Gasteiger partial charge on any atom is 0.283 e. The third-order valence-corrected chi connectivity index (χ3v) is 8.01. The number of rotatable bonds is 4. The van der Waals surface area contributed by atoms with Crippen LogP contribution >= 0.6 is 23.4 Å². The van der Waals surface area contributed by atoms with E-state index in [-0.39, 0.29) is 23.7 Å². The summed E-state index contributed by atoms with van der Waals surface area (Å²) in [5, 5.41) is 16.1. The number of amidine groups is 2. The van der Waals surface area contributed by atoms with E-state index in [0.717, 1.165) is 60.6 Å². The molecule has 3 aliphatic heterocycles.